The van der Waals surface area contributed by atoms with E-state index in [1.54, 1.807) is 0 Å². The standard InChI is InChI=1S/C11H18N4O/c1-6(2)15-9-4-7(3)13-5-8(9)10(14-15)11(12)16/h6-7,13H,4-5H2,1-3H3,(H2,12,16). The minimum Gasteiger partial charge on any atom is -0.364 e. The first kappa shape index (κ1) is 11.1. The molecule has 2 heterocycles. The normalized spacial score (nSPS) is 19.9. The number of aromatic nitrogens is 2. The number of primary amides is 1. The third kappa shape index (κ3) is 1.71. The van der Waals surface area contributed by atoms with E-state index in [1.807, 2.05) is 4.68 Å². The number of carbonyl (C=O) groups excluding carboxylic acids is 1. The van der Waals surface area contributed by atoms with E-state index < -0.39 is 5.91 Å². The van der Waals surface area contributed by atoms with Crippen LogP contribution in [0.2, 0.25) is 0 Å². The number of nitrogens with zero attached hydrogens (tertiary/aromatic N) is 2. The van der Waals surface area contributed by atoms with Gasteiger partial charge >= 0.3 is 0 Å². The molecular formula is C11H18N4O. The van der Waals surface area contributed by atoms with E-state index in [4.69, 9.17) is 5.73 Å². The highest BCUT2D eigenvalue weighted by molar-refractivity contribution is 5.92. The van der Waals surface area contributed by atoms with Gasteiger partial charge in [0.05, 0.1) is 0 Å². The van der Waals surface area contributed by atoms with Gasteiger partial charge in [0.15, 0.2) is 5.69 Å². The van der Waals surface area contributed by atoms with E-state index in [2.05, 4.69) is 31.2 Å². The number of nitrogens with one attached hydrogen (secondary N) is 1. The fraction of sp³-hybridized carbons (Fsp3) is 0.636. The Labute approximate surface area is 95.0 Å². The van der Waals surface area contributed by atoms with Gasteiger partial charge in [-0.15, -0.1) is 0 Å². The summed E-state index contributed by atoms with van der Waals surface area (Å²) in [5, 5.41) is 7.65. The second kappa shape index (κ2) is 3.90. The molecule has 1 amide bonds. The summed E-state index contributed by atoms with van der Waals surface area (Å²) in [6, 6.07) is 0.676. The summed E-state index contributed by atoms with van der Waals surface area (Å²) in [4.78, 5) is 11.3. The van der Waals surface area contributed by atoms with Crippen molar-refractivity contribution in [1.82, 2.24) is 15.1 Å². The number of hydrogen-bond donors (Lipinski definition) is 2. The summed E-state index contributed by atoms with van der Waals surface area (Å²) < 4.78 is 1.92. The summed E-state index contributed by atoms with van der Waals surface area (Å²) in [7, 11) is 0. The second-order valence-corrected chi connectivity index (χ2v) is 4.66. The van der Waals surface area contributed by atoms with Crippen molar-refractivity contribution in [3.8, 4) is 0 Å². The smallest absolute Gasteiger partial charge is 0.269 e. The molecule has 1 unspecified atom stereocenters. The number of carbonyl (C=O) groups is 1. The van der Waals surface area contributed by atoms with Crippen LogP contribution in [0.5, 0.6) is 0 Å². The lowest BCUT2D eigenvalue weighted by Gasteiger charge is -2.22. The van der Waals surface area contributed by atoms with Crippen LogP contribution < -0.4 is 11.1 Å². The Morgan fingerprint density at radius 2 is 2.31 bits per heavy atom. The molecule has 5 heteroatoms. The maximum Gasteiger partial charge on any atom is 0.269 e. The molecule has 0 aliphatic carbocycles. The Morgan fingerprint density at radius 3 is 2.88 bits per heavy atom. The van der Waals surface area contributed by atoms with Gasteiger partial charge in [-0.3, -0.25) is 9.48 Å². The monoisotopic (exact) mass is 222 g/mol. The average Bonchev–Trinajstić information content (AvgIpc) is 2.56. The molecule has 0 bridgehead atoms. The zero-order valence-corrected chi connectivity index (χ0v) is 9.95. The minimum absolute atomic E-state index is 0.257. The van der Waals surface area contributed by atoms with Crippen LogP contribution in [0.1, 0.15) is 48.6 Å². The van der Waals surface area contributed by atoms with Gasteiger partial charge in [-0.05, 0) is 20.8 Å². The first-order valence-electron chi connectivity index (χ1n) is 5.64. The number of nitrogens with two attached hydrogens (primary N) is 1. The van der Waals surface area contributed by atoms with Crippen molar-refractivity contribution in [2.45, 2.75) is 45.8 Å². The van der Waals surface area contributed by atoms with Crippen molar-refractivity contribution in [1.29, 1.82) is 0 Å². The minimum atomic E-state index is -0.438. The van der Waals surface area contributed by atoms with Gasteiger partial charge in [-0.25, -0.2) is 0 Å². The van der Waals surface area contributed by atoms with Crippen molar-refractivity contribution in [2.75, 3.05) is 0 Å². The zero-order chi connectivity index (χ0) is 11.9. The molecule has 88 valence electrons. The average molecular weight is 222 g/mol. The topological polar surface area (TPSA) is 72.9 Å². The summed E-state index contributed by atoms with van der Waals surface area (Å²) >= 11 is 0. The second-order valence-electron chi connectivity index (χ2n) is 4.66. The van der Waals surface area contributed by atoms with Gasteiger partial charge in [-0.1, -0.05) is 0 Å². The highest BCUT2D eigenvalue weighted by atomic mass is 16.1. The van der Waals surface area contributed by atoms with Gasteiger partial charge in [0.25, 0.3) is 5.91 Å². The van der Waals surface area contributed by atoms with E-state index in [-0.39, 0.29) is 6.04 Å². The van der Waals surface area contributed by atoms with Crippen molar-refractivity contribution in [3.63, 3.8) is 0 Å². The zero-order valence-electron chi connectivity index (χ0n) is 9.95. The molecule has 1 aliphatic rings. The molecule has 1 aliphatic heterocycles. The van der Waals surface area contributed by atoms with Crippen LogP contribution in [0.15, 0.2) is 0 Å². The lowest BCUT2D eigenvalue weighted by atomic mass is 10.0. The van der Waals surface area contributed by atoms with Gasteiger partial charge in [0.1, 0.15) is 0 Å². The van der Waals surface area contributed by atoms with Crippen LogP contribution >= 0.6 is 0 Å². The number of hydrogen-bond acceptors (Lipinski definition) is 3. The Hall–Kier alpha value is -1.36. The Morgan fingerprint density at radius 1 is 1.62 bits per heavy atom. The van der Waals surface area contributed by atoms with Crippen molar-refractivity contribution in [2.24, 2.45) is 5.73 Å². The van der Waals surface area contributed by atoms with Crippen LogP contribution in [-0.4, -0.2) is 21.7 Å². The molecule has 2 rings (SSSR count). The maximum atomic E-state index is 11.3. The van der Waals surface area contributed by atoms with Crippen LogP contribution in [0.4, 0.5) is 0 Å². The molecule has 0 fully saturated rings. The third-order valence-corrected chi connectivity index (χ3v) is 2.97. The van der Waals surface area contributed by atoms with Gasteiger partial charge < -0.3 is 11.1 Å². The van der Waals surface area contributed by atoms with E-state index in [0.717, 1.165) is 17.7 Å². The van der Waals surface area contributed by atoms with Crippen LogP contribution in [-0.2, 0) is 13.0 Å². The number of rotatable bonds is 2. The third-order valence-electron chi connectivity index (χ3n) is 2.97. The Bertz CT molecular complexity index is 422. The highest BCUT2D eigenvalue weighted by Crippen LogP contribution is 2.23. The molecule has 1 atom stereocenters. The summed E-state index contributed by atoms with van der Waals surface area (Å²) in [6.45, 7) is 6.93. The number of fused-ring (bicyclic) bond motifs is 1. The largest absolute Gasteiger partial charge is 0.364 e. The van der Waals surface area contributed by atoms with E-state index >= 15 is 0 Å². The predicted molar refractivity (Wildman–Crippen MR) is 61.1 cm³/mol. The summed E-state index contributed by atoms with van der Waals surface area (Å²) in [5.74, 6) is -0.438. The Kier molecular flexibility index (Phi) is 2.71. The molecule has 0 spiro atoms. The lowest BCUT2D eigenvalue weighted by Crippen LogP contribution is -2.34. The van der Waals surface area contributed by atoms with Crippen LogP contribution in [0, 0.1) is 0 Å². The molecule has 0 saturated heterocycles. The molecule has 0 saturated carbocycles. The molecule has 16 heavy (non-hydrogen) atoms. The molecule has 3 N–H and O–H groups in total. The molecular weight excluding hydrogens is 204 g/mol. The first-order valence-corrected chi connectivity index (χ1v) is 5.64. The van der Waals surface area contributed by atoms with Crippen molar-refractivity contribution < 1.29 is 4.79 Å². The quantitative estimate of drug-likeness (QED) is 0.769. The van der Waals surface area contributed by atoms with E-state index in [0.29, 0.717) is 18.3 Å². The van der Waals surface area contributed by atoms with E-state index in [9.17, 15) is 4.79 Å². The molecule has 5 nitrogen and oxygen atoms in total. The van der Waals surface area contributed by atoms with Gasteiger partial charge in [0, 0.05) is 36.3 Å². The van der Waals surface area contributed by atoms with Crippen molar-refractivity contribution in [3.05, 3.63) is 17.0 Å². The highest BCUT2D eigenvalue weighted by Gasteiger charge is 2.26. The maximum absolute atomic E-state index is 11.3. The predicted octanol–water partition coefficient (Wildman–Crippen LogP) is 0.597. The fourth-order valence-corrected chi connectivity index (χ4v) is 2.17. The lowest BCUT2D eigenvalue weighted by molar-refractivity contribution is 0.0993. The summed E-state index contributed by atoms with van der Waals surface area (Å²) in [6.07, 6.45) is 0.897. The van der Waals surface area contributed by atoms with Crippen molar-refractivity contribution >= 4 is 5.91 Å². The SMILES string of the molecule is CC1Cc2c(c(C(N)=O)nn2C(C)C)CN1. The van der Waals surface area contributed by atoms with Gasteiger partial charge in [0.2, 0.25) is 0 Å². The molecule has 0 radical (unpaired) electrons. The Balaban J connectivity index is 2.53. The molecule has 1 aromatic heterocycles. The first-order chi connectivity index (χ1) is 7.50. The molecule has 0 aromatic carbocycles. The fourth-order valence-electron chi connectivity index (χ4n) is 2.17. The van der Waals surface area contributed by atoms with Crippen LogP contribution in [0.3, 0.4) is 0 Å². The molecule has 1 aromatic rings. The van der Waals surface area contributed by atoms with E-state index in [1.165, 1.54) is 0 Å². The number of amides is 1. The summed E-state index contributed by atoms with van der Waals surface area (Å²) in [5.41, 5.74) is 7.88. The van der Waals surface area contributed by atoms with Gasteiger partial charge in [-0.2, -0.15) is 5.10 Å². The van der Waals surface area contributed by atoms with Crippen LogP contribution in [0.25, 0.3) is 0 Å².